The lowest BCUT2D eigenvalue weighted by atomic mass is 10.1. The molecule has 0 fully saturated rings. The largest absolute Gasteiger partial charge is 0.497 e. The Morgan fingerprint density at radius 1 is 1.13 bits per heavy atom. The van der Waals surface area contributed by atoms with Crippen LogP contribution in [0, 0.1) is 6.92 Å². The molecule has 0 saturated heterocycles. The lowest BCUT2D eigenvalue weighted by molar-refractivity contribution is 0.155. The lowest BCUT2D eigenvalue weighted by Crippen LogP contribution is -2.31. The molecule has 0 amide bonds. The van der Waals surface area contributed by atoms with Crippen LogP contribution in [0.4, 0.5) is 0 Å². The van der Waals surface area contributed by atoms with E-state index in [1.807, 2.05) is 0 Å². The molecule has 0 spiro atoms. The molecular weight excluding hydrogens is 314 g/mol. The molecule has 2 aromatic rings. The molecule has 2 aromatic carbocycles. The van der Waals surface area contributed by atoms with Gasteiger partial charge in [0.1, 0.15) is 5.75 Å². The Labute approximate surface area is 137 Å². The zero-order chi connectivity index (χ0) is 17.0. The van der Waals surface area contributed by atoms with Crippen LogP contribution in [0.25, 0.3) is 0 Å². The Morgan fingerprint density at radius 3 is 2.30 bits per heavy atom. The summed E-state index contributed by atoms with van der Waals surface area (Å²) in [7, 11) is -0.607. The number of hydrogen-bond donors (Lipinski definition) is 1. The fourth-order valence-electron chi connectivity index (χ4n) is 2.29. The first-order valence-electron chi connectivity index (χ1n) is 7.20. The number of hydrogen-bond acceptors (Lipinski definition) is 4. The molecular formula is C17H21NO4S. The molecule has 0 aliphatic carbocycles. The van der Waals surface area contributed by atoms with Gasteiger partial charge in [0.05, 0.1) is 18.1 Å². The van der Waals surface area contributed by atoms with Gasteiger partial charge in [0.15, 0.2) is 0 Å². The standard InChI is InChI=1S/C17H21NO4S/c1-13-6-4-5-7-17(13)23(20,21)18(2)12-16(19)14-8-10-15(22-3)11-9-14/h4-11,16,19H,12H2,1-3H3. The molecule has 0 aliphatic rings. The maximum Gasteiger partial charge on any atom is 0.243 e. The highest BCUT2D eigenvalue weighted by molar-refractivity contribution is 7.89. The van der Waals surface area contributed by atoms with Crippen molar-refractivity contribution in [1.82, 2.24) is 4.31 Å². The number of ether oxygens (including phenoxy) is 1. The van der Waals surface area contributed by atoms with Crippen molar-refractivity contribution in [2.24, 2.45) is 0 Å². The summed E-state index contributed by atoms with van der Waals surface area (Å²) in [4.78, 5) is 0.254. The van der Waals surface area contributed by atoms with Crippen molar-refractivity contribution in [3.63, 3.8) is 0 Å². The third-order valence-electron chi connectivity index (χ3n) is 3.71. The van der Waals surface area contributed by atoms with Gasteiger partial charge >= 0.3 is 0 Å². The molecule has 0 bridgehead atoms. The number of benzene rings is 2. The fraction of sp³-hybridized carbons (Fsp3) is 0.294. The smallest absolute Gasteiger partial charge is 0.243 e. The number of likely N-dealkylation sites (N-methyl/N-ethyl adjacent to an activating group) is 1. The van der Waals surface area contributed by atoms with Gasteiger partial charge in [-0.05, 0) is 36.2 Å². The number of methoxy groups -OCH3 is 1. The van der Waals surface area contributed by atoms with Gasteiger partial charge in [0.25, 0.3) is 0 Å². The summed E-state index contributed by atoms with van der Waals surface area (Å²) in [6.45, 7) is 1.73. The molecule has 6 heteroatoms. The van der Waals surface area contributed by atoms with Crippen molar-refractivity contribution in [3.05, 3.63) is 59.7 Å². The van der Waals surface area contributed by atoms with Gasteiger partial charge in [-0.2, -0.15) is 4.31 Å². The molecule has 2 rings (SSSR count). The van der Waals surface area contributed by atoms with Crippen LogP contribution in [-0.2, 0) is 10.0 Å². The van der Waals surface area contributed by atoms with Gasteiger partial charge in [-0.1, -0.05) is 30.3 Å². The number of aliphatic hydroxyl groups is 1. The van der Waals surface area contributed by atoms with Crippen LogP contribution in [0.15, 0.2) is 53.4 Å². The Hall–Kier alpha value is -1.89. The fourth-order valence-corrected chi connectivity index (χ4v) is 3.69. The van der Waals surface area contributed by atoms with Crippen LogP contribution in [0.3, 0.4) is 0 Å². The second-order valence-corrected chi connectivity index (χ2v) is 7.35. The quantitative estimate of drug-likeness (QED) is 0.880. The number of nitrogens with zero attached hydrogens (tertiary/aromatic N) is 1. The van der Waals surface area contributed by atoms with E-state index in [1.54, 1.807) is 62.6 Å². The number of aliphatic hydroxyl groups excluding tert-OH is 1. The molecule has 0 aliphatic heterocycles. The van der Waals surface area contributed by atoms with E-state index < -0.39 is 16.1 Å². The minimum absolute atomic E-state index is 0.0248. The number of sulfonamides is 1. The van der Waals surface area contributed by atoms with Gasteiger partial charge < -0.3 is 9.84 Å². The second-order valence-electron chi connectivity index (χ2n) is 5.34. The predicted octanol–water partition coefficient (Wildman–Crippen LogP) is 2.36. The SMILES string of the molecule is COc1ccc(C(O)CN(C)S(=O)(=O)c2ccccc2C)cc1. The van der Waals surface area contributed by atoms with Crippen molar-refractivity contribution in [1.29, 1.82) is 0 Å². The molecule has 5 nitrogen and oxygen atoms in total. The molecule has 124 valence electrons. The Kier molecular flexibility index (Phi) is 5.41. The molecule has 0 heterocycles. The van der Waals surface area contributed by atoms with Gasteiger partial charge in [0.2, 0.25) is 10.0 Å². The summed E-state index contributed by atoms with van der Waals surface area (Å²) in [6.07, 6.45) is -0.912. The summed E-state index contributed by atoms with van der Waals surface area (Å²) < 4.78 is 31.5. The van der Waals surface area contributed by atoms with Gasteiger partial charge in [-0.25, -0.2) is 8.42 Å². The Bertz CT molecular complexity index is 756. The summed E-state index contributed by atoms with van der Waals surface area (Å²) in [5, 5.41) is 10.3. The zero-order valence-electron chi connectivity index (χ0n) is 13.4. The van der Waals surface area contributed by atoms with Gasteiger partial charge in [-0.15, -0.1) is 0 Å². The predicted molar refractivity (Wildman–Crippen MR) is 88.9 cm³/mol. The summed E-state index contributed by atoms with van der Waals surface area (Å²) in [5.41, 5.74) is 1.32. The first-order chi connectivity index (χ1) is 10.9. The van der Waals surface area contributed by atoms with Crippen LogP contribution < -0.4 is 4.74 Å². The van der Waals surface area contributed by atoms with Crippen LogP contribution in [0.1, 0.15) is 17.2 Å². The van der Waals surface area contributed by atoms with E-state index in [0.717, 1.165) is 0 Å². The van der Waals surface area contributed by atoms with E-state index in [0.29, 0.717) is 16.9 Å². The highest BCUT2D eigenvalue weighted by atomic mass is 32.2. The van der Waals surface area contributed by atoms with Crippen LogP contribution in [-0.4, -0.2) is 38.5 Å². The minimum atomic E-state index is -3.64. The minimum Gasteiger partial charge on any atom is -0.497 e. The Balaban J connectivity index is 2.16. The van der Waals surface area contributed by atoms with E-state index >= 15 is 0 Å². The average molecular weight is 335 g/mol. The number of rotatable bonds is 6. The molecule has 0 radical (unpaired) electrons. The van der Waals surface area contributed by atoms with Crippen LogP contribution in [0.5, 0.6) is 5.75 Å². The molecule has 1 unspecified atom stereocenters. The summed E-state index contributed by atoms with van der Waals surface area (Å²) in [6, 6.07) is 13.7. The molecule has 0 saturated carbocycles. The molecule has 1 N–H and O–H groups in total. The average Bonchev–Trinajstić information content (AvgIpc) is 2.55. The van der Waals surface area contributed by atoms with Crippen molar-refractivity contribution < 1.29 is 18.3 Å². The zero-order valence-corrected chi connectivity index (χ0v) is 14.2. The van der Waals surface area contributed by atoms with Crippen molar-refractivity contribution in [3.8, 4) is 5.75 Å². The maximum absolute atomic E-state index is 12.6. The van der Waals surface area contributed by atoms with E-state index in [2.05, 4.69) is 0 Å². The van der Waals surface area contributed by atoms with Crippen molar-refractivity contribution in [2.75, 3.05) is 20.7 Å². The number of aryl methyl sites for hydroxylation is 1. The van der Waals surface area contributed by atoms with E-state index in [4.69, 9.17) is 4.74 Å². The topological polar surface area (TPSA) is 66.8 Å². The molecule has 0 aromatic heterocycles. The highest BCUT2D eigenvalue weighted by Crippen LogP contribution is 2.22. The van der Waals surface area contributed by atoms with E-state index in [-0.39, 0.29) is 11.4 Å². The maximum atomic E-state index is 12.6. The third kappa shape index (κ3) is 3.90. The van der Waals surface area contributed by atoms with E-state index in [9.17, 15) is 13.5 Å². The Morgan fingerprint density at radius 2 is 1.74 bits per heavy atom. The summed E-state index contributed by atoms with van der Waals surface area (Å²) in [5.74, 6) is 0.682. The third-order valence-corrected chi connectivity index (χ3v) is 5.70. The first kappa shape index (κ1) is 17.5. The van der Waals surface area contributed by atoms with Crippen LogP contribution in [0.2, 0.25) is 0 Å². The monoisotopic (exact) mass is 335 g/mol. The van der Waals surface area contributed by atoms with Crippen molar-refractivity contribution >= 4 is 10.0 Å². The van der Waals surface area contributed by atoms with Gasteiger partial charge in [0, 0.05) is 13.6 Å². The van der Waals surface area contributed by atoms with Crippen molar-refractivity contribution in [2.45, 2.75) is 17.9 Å². The van der Waals surface area contributed by atoms with Crippen LogP contribution >= 0.6 is 0 Å². The molecule has 23 heavy (non-hydrogen) atoms. The normalized spacial score (nSPS) is 13.1. The summed E-state index contributed by atoms with van der Waals surface area (Å²) >= 11 is 0. The first-order valence-corrected chi connectivity index (χ1v) is 8.64. The molecule has 1 atom stereocenters. The highest BCUT2D eigenvalue weighted by Gasteiger charge is 2.24. The lowest BCUT2D eigenvalue weighted by Gasteiger charge is -2.21. The van der Waals surface area contributed by atoms with E-state index in [1.165, 1.54) is 11.4 Å². The second kappa shape index (κ2) is 7.12. The van der Waals surface area contributed by atoms with Gasteiger partial charge in [-0.3, -0.25) is 0 Å².